The molecule has 0 atom stereocenters. The minimum Gasteiger partial charge on any atom is -0.477 e. The zero-order valence-corrected chi connectivity index (χ0v) is 20.7. The van der Waals surface area contributed by atoms with E-state index in [1.165, 1.54) is 18.3 Å². The van der Waals surface area contributed by atoms with Gasteiger partial charge in [0.1, 0.15) is 4.88 Å². The summed E-state index contributed by atoms with van der Waals surface area (Å²) in [6.45, 7) is 3.73. The van der Waals surface area contributed by atoms with E-state index in [0.29, 0.717) is 42.2 Å². The number of aliphatic hydroxyl groups is 1. The number of aliphatic hydroxyl groups excluding tert-OH is 1. The minimum absolute atomic E-state index is 0.0192. The van der Waals surface area contributed by atoms with Crippen LogP contribution in [-0.2, 0) is 4.79 Å². The van der Waals surface area contributed by atoms with Crippen molar-refractivity contribution in [3.05, 3.63) is 28.0 Å². The fourth-order valence-corrected chi connectivity index (χ4v) is 6.98. The molecule has 2 aliphatic rings. The van der Waals surface area contributed by atoms with Crippen LogP contribution in [0.3, 0.4) is 0 Å². The zero-order chi connectivity index (χ0) is 23.7. The van der Waals surface area contributed by atoms with Gasteiger partial charge in [0.15, 0.2) is 5.78 Å². The van der Waals surface area contributed by atoms with Crippen LogP contribution >= 0.6 is 22.7 Å². The van der Waals surface area contributed by atoms with Crippen molar-refractivity contribution in [2.24, 2.45) is 11.8 Å². The molecule has 0 spiro atoms. The molecule has 0 aromatic carbocycles. The van der Waals surface area contributed by atoms with Crippen molar-refractivity contribution >= 4 is 46.0 Å². The number of rotatable bonds is 6. The number of anilines is 1. The van der Waals surface area contributed by atoms with Gasteiger partial charge in [0.05, 0.1) is 16.7 Å². The molecule has 178 valence electrons. The molecule has 2 N–H and O–H groups in total. The molecule has 2 aromatic rings. The first-order valence-electron chi connectivity index (χ1n) is 11.7. The number of Topliss-reactive ketones (excluding diaryl/α,β-unsaturated/α-hetero) is 1. The first-order chi connectivity index (χ1) is 15.7. The summed E-state index contributed by atoms with van der Waals surface area (Å²) < 4.78 is 0. The summed E-state index contributed by atoms with van der Waals surface area (Å²) >= 11 is 2.50. The number of aromatic carboxylic acids is 1. The van der Waals surface area contributed by atoms with Crippen LogP contribution in [0.25, 0.3) is 9.75 Å². The molecule has 0 bridgehead atoms. The Morgan fingerprint density at radius 3 is 2.18 bits per heavy atom. The highest BCUT2D eigenvalue weighted by molar-refractivity contribution is 7.24. The highest BCUT2D eigenvalue weighted by Crippen LogP contribution is 2.43. The number of hydrogen-bond donors (Lipinski definition) is 2. The molecule has 33 heavy (non-hydrogen) atoms. The number of nitrogens with zero attached hydrogens (tertiary/aromatic N) is 1. The highest BCUT2D eigenvalue weighted by Gasteiger charge is 2.37. The highest BCUT2D eigenvalue weighted by atomic mass is 32.1. The number of hydrogen-bond acceptors (Lipinski definition) is 6. The smallest absolute Gasteiger partial charge is 0.348 e. The summed E-state index contributed by atoms with van der Waals surface area (Å²) in [5, 5.41) is 20.0. The van der Waals surface area contributed by atoms with E-state index in [1.807, 2.05) is 12.1 Å². The van der Waals surface area contributed by atoms with Gasteiger partial charge in [-0.15, -0.1) is 22.7 Å². The van der Waals surface area contributed by atoms with Crippen molar-refractivity contribution in [2.75, 3.05) is 4.90 Å². The Bertz CT molecular complexity index is 1030. The number of carboxylic acids is 1. The van der Waals surface area contributed by atoms with Crippen LogP contribution < -0.4 is 4.90 Å². The normalized spacial score (nSPS) is 25.5. The quantitative estimate of drug-likeness (QED) is 0.497. The summed E-state index contributed by atoms with van der Waals surface area (Å²) in [6.07, 6.45) is 5.87. The standard InChI is InChI=1S/C25H31NO5S2/c1-14-3-5-16(6-4-14)24(29)26(17-7-9-18(28)10-8-17)19-13-22(33-23(19)25(30)31)21-12-11-20(32-21)15(2)27/h11-14,16-18,28H,3-10H2,1-2H3,(H,30,31). The molecule has 2 fully saturated rings. The summed E-state index contributed by atoms with van der Waals surface area (Å²) in [5.41, 5.74) is 0.463. The largest absolute Gasteiger partial charge is 0.477 e. The molecule has 4 rings (SSSR count). The predicted octanol–water partition coefficient (Wildman–Crippen LogP) is 5.84. The summed E-state index contributed by atoms with van der Waals surface area (Å²) in [6, 6.07) is 5.31. The van der Waals surface area contributed by atoms with Crippen LogP contribution in [-0.4, -0.2) is 40.0 Å². The molecule has 0 aliphatic heterocycles. The molecule has 1 amide bonds. The van der Waals surface area contributed by atoms with Gasteiger partial charge < -0.3 is 15.1 Å². The number of ketones is 1. The van der Waals surface area contributed by atoms with Gasteiger partial charge in [-0.2, -0.15) is 0 Å². The van der Waals surface area contributed by atoms with E-state index in [1.54, 1.807) is 11.0 Å². The fourth-order valence-electron chi connectivity index (χ4n) is 5.01. The lowest BCUT2D eigenvalue weighted by molar-refractivity contribution is -0.124. The maximum Gasteiger partial charge on any atom is 0.348 e. The van der Waals surface area contributed by atoms with E-state index in [2.05, 4.69) is 6.92 Å². The molecular formula is C25H31NO5S2. The number of carbonyl (C=O) groups is 3. The third-order valence-electron chi connectivity index (χ3n) is 7.00. The van der Waals surface area contributed by atoms with Crippen molar-refractivity contribution in [3.63, 3.8) is 0 Å². The van der Waals surface area contributed by atoms with Crippen LogP contribution in [0.15, 0.2) is 18.2 Å². The van der Waals surface area contributed by atoms with Crippen LogP contribution in [0.2, 0.25) is 0 Å². The molecule has 6 nitrogen and oxygen atoms in total. The fraction of sp³-hybridized carbons (Fsp3) is 0.560. The Morgan fingerprint density at radius 2 is 1.61 bits per heavy atom. The van der Waals surface area contributed by atoms with Crippen molar-refractivity contribution in [3.8, 4) is 9.75 Å². The molecule has 2 heterocycles. The maximum atomic E-state index is 13.8. The molecular weight excluding hydrogens is 458 g/mol. The molecule has 0 unspecified atom stereocenters. The topological polar surface area (TPSA) is 94.9 Å². The second-order valence-corrected chi connectivity index (χ2v) is 11.6. The third-order valence-corrected chi connectivity index (χ3v) is 9.49. The van der Waals surface area contributed by atoms with Crippen LogP contribution in [0.4, 0.5) is 5.69 Å². The van der Waals surface area contributed by atoms with Gasteiger partial charge in [-0.3, -0.25) is 9.59 Å². The Kier molecular flexibility index (Phi) is 7.36. The van der Waals surface area contributed by atoms with E-state index in [4.69, 9.17) is 0 Å². The number of carbonyl (C=O) groups excluding carboxylic acids is 2. The monoisotopic (exact) mass is 489 g/mol. The van der Waals surface area contributed by atoms with Gasteiger partial charge in [0, 0.05) is 21.7 Å². The lowest BCUT2D eigenvalue weighted by atomic mass is 9.81. The lowest BCUT2D eigenvalue weighted by Crippen LogP contribution is -2.47. The van der Waals surface area contributed by atoms with Crippen LogP contribution in [0.1, 0.15) is 84.6 Å². The summed E-state index contributed by atoms with van der Waals surface area (Å²) in [5.74, 6) is -0.528. The van der Waals surface area contributed by atoms with E-state index >= 15 is 0 Å². The van der Waals surface area contributed by atoms with Gasteiger partial charge >= 0.3 is 5.97 Å². The Hall–Kier alpha value is -2.03. The van der Waals surface area contributed by atoms with Crippen molar-refractivity contribution in [1.82, 2.24) is 0 Å². The second kappa shape index (κ2) is 10.1. The lowest BCUT2D eigenvalue weighted by Gasteiger charge is -2.38. The molecule has 2 aromatic heterocycles. The second-order valence-electron chi connectivity index (χ2n) is 9.48. The average molecular weight is 490 g/mol. The molecule has 2 aliphatic carbocycles. The van der Waals surface area contributed by atoms with Crippen molar-refractivity contribution in [2.45, 2.75) is 77.4 Å². The van der Waals surface area contributed by atoms with Crippen LogP contribution in [0.5, 0.6) is 0 Å². The number of thiophene rings is 2. The van der Waals surface area contributed by atoms with E-state index in [9.17, 15) is 24.6 Å². The average Bonchev–Trinajstić information content (AvgIpc) is 3.43. The maximum absolute atomic E-state index is 13.8. The van der Waals surface area contributed by atoms with Crippen LogP contribution in [0, 0.1) is 11.8 Å². The van der Waals surface area contributed by atoms with E-state index in [0.717, 1.165) is 46.8 Å². The van der Waals surface area contributed by atoms with Gasteiger partial charge in [-0.05, 0) is 82.4 Å². The molecule has 0 radical (unpaired) electrons. The van der Waals surface area contributed by atoms with Crippen molar-refractivity contribution < 1.29 is 24.6 Å². The summed E-state index contributed by atoms with van der Waals surface area (Å²) in [7, 11) is 0. The molecule has 2 saturated carbocycles. The molecule has 0 saturated heterocycles. The van der Waals surface area contributed by atoms with Gasteiger partial charge in [-0.25, -0.2) is 4.79 Å². The van der Waals surface area contributed by atoms with Gasteiger partial charge in [-0.1, -0.05) is 6.92 Å². The SMILES string of the molecule is CC(=O)c1ccc(-c2cc(N(C(=O)C3CCC(C)CC3)C3CCC(O)CC3)c(C(=O)O)s2)s1. The van der Waals surface area contributed by atoms with Crippen molar-refractivity contribution in [1.29, 1.82) is 0 Å². The first kappa shape index (κ1) is 24.1. The van der Waals surface area contributed by atoms with E-state index < -0.39 is 5.97 Å². The Morgan fingerprint density at radius 1 is 0.939 bits per heavy atom. The predicted molar refractivity (Wildman–Crippen MR) is 131 cm³/mol. The Balaban J connectivity index is 1.73. The molecule has 8 heteroatoms. The summed E-state index contributed by atoms with van der Waals surface area (Å²) in [4.78, 5) is 42.0. The number of amides is 1. The zero-order valence-electron chi connectivity index (χ0n) is 19.1. The van der Waals surface area contributed by atoms with Gasteiger partial charge in [0.25, 0.3) is 0 Å². The first-order valence-corrected chi connectivity index (χ1v) is 13.4. The minimum atomic E-state index is -1.05. The Labute approximate surface area is 202 Å². The number of carboxylic acid groups (broad SMARTS) is 1. The van der Waals surface area contributed by atoms with E-state index in [-0.39, 0.29) is 34.6 Å². The van der Waals surface area contributed by atoms with Gasteiger partial charge in [0.2, 0.25) is 5.91 Å². The third kappa shape index (κ3) is 5.23.